The second-order valence-corrected chi connectivity index (χ2v) is 10.4. The van der Waals surface area contributed by atoms with E-state index in [1.807, 2.05) is 30.3 Å². The Balaban J connectivity index is 1.56. The standard InChI is InChI=1S/C24H31ClN2O4S/c1-18(19-10-6-5-7-11-19)27-32(29,30)21-14-15-23(22(25)16-21)31-17-24(28)26-20-12-8-3-2-4-9-13-20/h5-7,10-11,14-16,18,20,27H,2-4,8-9,12-13,17H2,1H3,(H,26,28)/t18-/m0/s1. The first-order chi connectivity index (χ1) is 15.3. The molecule has 1 atom stereocenters. The highest BCUT2D eigenvalue weighted by Gasteiger charge is 2.20. The molecule has 0 unspecified atom stereocenters. The van der Waals surface area contributed by atoms with Crippen LogP contribution in [0.4, 0.5) is 0 Å². The molecule has 2 aromatic carbocycles. The van der Waals surface area contributed by atoms with E-state index in [1.54, 1.807) is 6.92 Å². The summed E-state index contributed by atoms with van der Waals surface area (Å²) in [6.45, 7) is 1.62. The monoisotopic (exact) mass is 478 g/mol. The summed E-state index contributed by atoms with van der Waals surface area (Å²) in [6, 6.07) is 13.3. The number of hydrogen-bond donors (Lipinski definition) is 2. The van der Waals surface area contributed by atoms with Crippen molar-refractivity contribution in [1.82, 2.24) is 10.0 Å². The molecule has 0 heterocycles. The molecule has 0 saturated heterocycles. The van der Waals surface area contributed by atoms with E-state index in [1.165, 1.54) is 37.5 Å². The number of carbonyl (C=O) groups excluding carboxylic acids is 1. The van der Waals surface area contributed by atoms with Crippen LogP contribution < -0.4 is 14.8 Å². The first kappa shape index (κ1) is 24.6. The number of amides is 1. The van der Waals surface area contributed by atoms with E-state index < -0.39 is 16.1 Å². The van der Waals surface area contributed by atoms with Gasteiger partial charge in [0.25, 0.3) is 5.91 Å². The van der Waals surface area contributed by atoms with Gasteiger partial charge >= 0.3 is 0 Å². The minimum absolute atomic E-state index is 0.0385. The normalized spacial score (nSPS) is 16.6. The van der Waals surface area contributed by atoms with Crippen LogP contribution in [0.1, 0.15) is 63.5 Å². The Kier molecular flexibility index (Phi) is 8.96. The van der Waals surface area contributed by atoms with Crippen molar-refractivity contribution < 1.29 is 17.9 Å². The lowest BCUT2D eigenvalue weighted by atomic mass is 9.97. The van der Waals surface area contributed by atoms with E-state index in [4.69, 9.17) is 16.3 Å². The summed E-state index contributed by atoms with van der Waals surface area (Å²) >= 11 is 6.26. The topological polar surface area (TPSA) is 84.5 Å². The molecule has 1 aliphatic rings. The summed E-state index contributed by atoms with van der Waals surface area (Å²) in [4.78, 5) is 12.3. The van der Waals surface area contributed by atoms with Gasteiger partial charge in [-0.3, -0.25) is 4.79 Å². The maximum absolute atomic E-state index is 12.7. The predicted octanol–water partition coefficient (Wildman–Crippen LogP) is 4.99. The Morgan fingerprint density at radius 3 is 2.38 bits per heavy atom. The Morgan fingerprint density at radius 1 is 1.06 bits per heavy atom. The van der Waals surface area contributed by atoms with Gasteiger partial charge in [-0.1, -0.05) is 74.0 Å². The molecule has 8 heteroatoms. The van der Waals surface area contributed by atoms with Crippen LogP contribution in [0.25, 0.3) is 0 Å². The quantitative estimate of drug-likeness (QED) is 0.560. The minimum atomic E-state index is -3.77. The van der Waals surface area contributed by atoms with Crippen LogP contribution in [0.5, 0.6) is 5.75 Å². The fraction of sp³-hybridized carbons (Fsp3) is 0.458. The molecule has 0 bridgehead atoms. The highest BCUT2D eigenvalue weighted by atomic mass is 35.5. The highest BCUT2D eigenvalue weighted by Crippen LogP contribution is 2.28. The van der Waals surface area contributed by atoms with Crippen molar-refractivity contribution in [3.8, 4) is 5.75 Å². The lowest BCUT2D eigenvalue weighted by Gasteiger charge is -2.21. The van der Waals surface area contributed by atoms with Crippen molar-refractivity contribution in [3.63, 3.8) is 0 Å². The van der Waals surface area contributed by atoms with E-state index in [0.717, 1.165) is 31.2 Å². The Morgan fingerprint density at radius 2 is 1.72 bits per heavy atom. The number of carbonyl (C=O) groups is 1. The first-order valence-corrected chi connectivity index (χ1v) is 13.0. The molecular formula is C24H31ClN2O4S. The van der Waals surface area contributed by atoms with Gasteiger partial charge in [-0.05, 0) is 43.5 Å². The summed E-state index contributed by atoms with van der Waals surface area (Å²) in [7, 11) is -3.77. The maximum atomic E-state index is 12.7. The second-order valence-electron chi connectivity index (χ2n) is 8.24. The summed E-state index contributed by atoms with van der Waals surface area (Å²) in [5.74, 6) is 0.0798. The Bertz CT molecular complexity index is 990. The van der Waals surface area contributed by atoms with Gasteiger partial charge < -0.3 is 10.1 Å². The van der Waals surface area contributed by atoms with E-state index in [-0.39, 0.29) is 34.2 Å². The van der Waals surface area contributed by atoms with E-state index in [0.29, 0.717) is 0 Å². The number of ether oxygens (including phenoxy) is 1. The molecule has 1 fully saturated rings. The van der Waals surface area contributed by atoms with Crippen molar-refractivity contribution in [2.75, 3.05) is 6.61 Å². The number of benzene rings is 2. The van der Waals surface area contributed by atoms with Gasteiger partial charge in [0.1, 0.15) is 5.75 Å². The number of hydrogen-bond acceptors (Lipinski definition) is 4. The molecule has 174 valence electrons. The van der Waals surface area contributed by atoms with Gasteiger partial charge in [-0.2, -0.15) is 0 Å². The maximum Gasteiger partial charge on any atom is 0.258 e. The largest absolute Gasteiger partial charge is 0.482 e. The zero-order chi connectivity index (χ0) is 23.0. The average Bonchev–Trinajstić information content (AvgIpc) is 2.75. The van der Waals surface area contributed by atoms with Crippen molar-refractivity contribution in [1.29, 1.82) is 0 Å². The van der Waals surface area contributed by atoms with Crippen LogP contribution >= 0.6 is 11.6 Å². The predicted molar refractivity (Wildman–Crippen MR) is 126 cm³/mol. The Hall–Kier alpha value is -2.09. The van der Waals surface area contributed by atoms with Crippen LogP contribution in [0.15, 0.2) is 53.4 Å². The third kappa shape index (κ3) is 7.22. The molecule has 1 aliphatic carbocycles. The van der Waals surface area contributed by atoms with Crippen molar-refractivity contribution in [2.45, 2.75) is 68.8 Å². The van der Waals surface area contributed by atoms with E-state index in [9.17, 15) is 13.2 Å². The number of halogens is 1. The van der Waals surface area contributed by atoms with Crippen LogP contribution in [0.3, 0.4) is 0 Å². The van der Waals surface area contributed by atoms with Crippen LogP contribution in [-0.4, -0.2) is 27.0 Å². The average molecular weight is 479 g/mol. The van der Waals surface area contributed by atoms with Crippen LogP contribution in [-0.2, 0) is 14.8 Å². The zero-order valence-corrected chi connectivity index (χ0v) is 19.9. The number of sulfonamides is 1. The van der Waals surface area contributed by atoms with Gasteiger partial charge in [-0.25, -0.2) is 13.1 Å². The highest BCUT2D eigenvalue weighted by molar-refractivity contribution is 7.89. The lowest BCUT2D eigenvalue weighted by Crippen LogP contribution is -2.38. The summed E-state index contributed by atoms with van der Waals surface area (Å²) < 4.78 is 33.7. The fourth-order valence-corrected chi connectivity index (χ4v) is 5.45. The first-order valence-electron chi connectivity index (χ1n) is 11.1. The fourth-order valence-electron chi connectivity index (χ4n) is 3.89. The van der Waals surface area contributed by atoms with Crippen molar-refractivity contribution in [3.05, 3.63) is 59.1 Å². The van der Waals surface area contributed by atoms with E-state index in [2.05, 4.69) is 10.0 Å². The Labute approximate surface area is 195 Å². The molecule has 0 spiro atoms. The zero-order valence-electron chi connectivity index (χ0n) is 18.3. The molecule has 6 nitrogen and oxygen atoms in total. The summed E-state index contributed by atoms with van der Waals surface area (Å²) in [5, 5.41) is 3.17. The molecule has 0 aromatic heterocycles. The summed E-state index contributed by atoms with van der Waals surface area (Å²) in [6.07, 6.45) is 7.95. The molecular weight excluding hydrogens is 448 g/mol. The van der Waals surface area contributed by atoms with Crippen molar-refractivity contribution >= 4 is 27.5 Å². The van der Waals surface area contributed by atoms with E-state index >= 15 is 0 Å². The SMILES string of the molecule is C[C@H](NS(=O)(=O)c1ccc(OCC(=O)NC2CCCCCCC2)c(Cl)c1)c1ccccc1. The molecule has 2 N–H and O–H groups in total. The van der Waals surface area contributed by atoms with Crippen LogP contribution in [0.2, 0.25) is 5.02 Å². The van der Waals surface area contributed by atoms with Crippen LogP contribution in [0, 0.1) is 0 Å². The molecule has 1 saturated carbocycles. The molecule has 1 amide bonds. The van der Waals surface area contributed by atoms with Crippen molar-refractivity contribution in [2.24, 2.45) is 0 Å². The van der Waals surface area contributed by atoms with Gasteiger partial charge in [0.15, 0.2) is 6.61 Å². The second kappa shape index (κ2) is 11.7. The number of rotatable bonds is 8. The van der Waals surface area contributed by atoms with Gasteiger partial charge in [0, 0.05) is 12.1 Å². The van der Waals surface area contributed by atoms with Gasteiger partial charge in [-0.15, -0.1) is 0 Å². The lowest BCUT2D eigenvalue weighted by molar-refractivity contribution is -0.123. The van der Waals surface area contributed by atoms with Gasteiger partial charge in [0.2, 0.25) is 10.0 Å². The summed E-state index contributed by atoms with van der Waals surface area (Å²) in [5.41, 5.74) is 0.859. The third-order valence-electron chi connectivity index (χ3n) is 5.67. The molecule has 2 aromatic rings. The number of nitrogens with one attached hydrogen (secondary N) is 2. The minimum Gasteiger partial charge on any atom is -0.482 e. The molecule has 0 aliphatic heterocycles. The molecule has 32 heavy (non-hydrogen) atoms. The van der Waals surface area contributed by atoms with Gasteiger partial charge in [0.05, 0.1) is 9.92 Å². The molecule has 3 rings (SSSR count). The molecule has 0 radical (unpaired) electrons. The third-order valence-corrected chi connectivity index (χ3v) is 7.51. The smallest absolute Gasteiger partial charge is 0.258 e.